The fourth-order valence-electron chi connectivity index (χ4n) is 4.91. The second kappa shape index (κ2) is 8.94. The molecule has 0 saturated carbocycles. The maximum atomic E-state index is 12.9. The van der Waals surface area contributed by atoms with Gasteiger partial charge in [0.25, 0.3) is 10.0 Å². The van der Waals surface area contributed by atoms with Gasteiger partial charge in [0.15, 0.2) is 5.84 Å². The zero-order valence-electron chi connectivity index (χ0n) is 19.4. The van der Waals surface area contributed by atoms with Crippen molar-refractivity contribution in [3.05, 3.63) is 53.1 Å². The van der Waals surface area contributed by atoms with Crippen molar-refractivity contribution in [3.63, 3.8) is 0 Å². The highest BCUT2D eigenvalue weighted by Crippen LogP contribution is 2.35. The normalized spacial score (nSPS) is 20.8. The molecule has 0 radical (unpaired) electrons. The summed E-state index contributed by atoms with van der Waals surface area (Å²) >= 11 is 0. The molecule has 1 saturated heterocycles. The SMILES string of the molecule is CCOc1cc2c(cc1CNC(=O)C1CCN(C3=NS(=O)(=O)c4ccccc43)CC1)O[C@@H](C)C2. The van der Waals surface area contributed by atoms with Gasteiger partial charge in [0.2, 0.25) is 5.91 Å². The summed E-state index contributed by atoms with van der Waals surface area (Å²) in [4.78, 5) is 15.2. The number of likely N-dealkylation sites (tertiary alicyclic amines) is 1. The highest BCUT2D eigenvalue weighted by Gasteiger charge is 2.34. The van der Waals surface area contributed by atoms with E-state index in [0.29, 0.717) is 50.5 Å². The smallest absolute Gasteiger partial charge is 0.285 e. The van der Waals surface area contributed by atoms with Crippen LogP contribution in [0.2, 0.25) is 0 Å². The molecule has 1 N–H and O–H groups in total. The van der Waals surface area contributed by atoms with Gasteiger partial charge in [-0.3, -0.25) is 4.79 Å². The first kappa shape index (κ1) is 22.7. The van der Waals surface area contributed by atoms with Gasteiger partial charge in [-0.1, -0.05) is 12.1 Å². The third-order valence-corrected chi connectivity index (χ3v) is 7.93. The van der Waals surface area contributed by atoms with Crippen LogP contribution in [-0.4, -0.2) is 50.9 Å². The number of amidine groups is 1. The third-order valence-electron chi connectivity index (χ3n) is 6.61. The molecular weight excluding hydrogens is 454 g/mol. The van der Waals surface area contributed by atoms with Crippen LogP contribution in [0.15, 0.2) is 45.7 Å². The van der Waals surface area contributed by atoms with E-state index in [1.807, 2.05) is 36.9 Å². The van der Waals surface area contributed by atoms with E-state index >= 15 is 0 Å². The van der Waals surface area contributed by atoms with Crippen molar-refractivity contribution in [1.82, 2.24) is 10.2 Å². The topological polar surface area (TPSA) is 97.3 Å². The van der Waals surface area contributed by atoms with E-state index in [0.717, 1.165) is 29.0 Å². The van der Waals surface area contributed by atoms with Gasteiger partial charge in [-0.15, -0.1) is 4.40 Å². The predicted molar refractivity (Wildman–Crippen MR) is 128 cm³/mol. The Bertz CT molecular complexity index is 1250. The van der Waals surface area contributed by atoms with E-state index < -0.39 is 10.0 Å². The van der Waals surface area contributed by atoms with Crippen LogP contribution in [0, 0.1) is 5.92 Å². The summed E-state index contributed by atoms with van der Waals surface area (Å²) in [6.45, 7) is 6.07. The zero-order valence-corrected chi connectivity index (χ0v) is 20.2. The van der Waals surface area contributed by atoms with E-state index in [2.05, 4.69) is 9.71 Å². The minimum absolute atomic E-state index is 0.00161. The molecule has 3 aliphatic rings. The first-order valence-corrected chi connectivity index (χ1v) is 13.2. The van der Waals surface area contributed by atoms with Crippen LogP contribution < -0.4 is 14.8 Å². The third kappa shape index (κ3) is 4.24. The molecule has 34 heavy (non-hydrogen) atoms. The van der Waals surface area contributed by atoms with Gasteiger partial charge in [0, 0.05) is 48.7 Å². The molecule has 5 rings (SSSR count). The quantitative estimate of drug-likeness (QED) is 0.703. The molecule has 1 amide bonds. The number of rotatable bonds is 5. The number of nitrogens with zero attached hydrogens (tertiary/aromatic N) is 2. The molecule has 3 heterocycles. The number of ether oxygens (including phenoxy) is 2. The van der Waals surface area contributed by atoms with E-state index in [1.54, 1.807) is 18.2 Å². The number of nitrogens with one attached hydrogen (secondary N) is 1. The Kier molecular flexibility index (Phi) is 5.97. The van der Waals surface area contributed by atoms with E-state index in [4.69, 9.17) is 9.47 Å². The summed E-state index contributed by atoms with van der Waals surface area (Å²) < 4.78 is 40.4. The zero-order chi connectivity index (χ0) is 23.9. The molecular formula is C25H29N3O5S. The summed E-state index contributed by atoms with van der Waals surface area (Å²) in [5.41, 5.74) is 2.68. The molecule has 1 fully saturated rings. The molecule has 0 spiro atoms. The van der Waals surface area contributed by atoms with Gasteiger partial charge in [0.1, 0.15) is 22.5 Å². The number of fused-ring (bicyclic) bond motifs is 2. The standard InChI is InChI=1S/C25H29N3O5S/c1-3-32-21-13-18-12-16(2)33-22(18)14-19(21)15-26-25(29)17-8-10-28(11-9-17)24-20-6-4-5-7-23(20)34(30,31)27-24/h4-7,13-14,16-17H,3,8-12,15H2,1-2H3,(H,26,29)/t16-/m0/s1. The number of amides is 1. The molecule has 1 atom stereocenters. The number of carbonyl (C=O) groups excluding carboxylic acids is 1. The lowest BCUT2D eigenvalue weighted by molar-refractivity contribution is -0.126. The predicted octanol–water partition coefficient (Wildman–Crippen LogP) is 2.89. The average Bonchev–Trinajstić information content (AvgIpc) is 3.33. The molecule has 3 aliphatic heterocycles. The van der Waals surface area contributed by atoms with Gasteiger partial charge >= 0.3 is 0 Å². The molecule has 2 aromatic rings. The second-order valence-corrected chi connectivity index (χ2v) is 10.6. The summed E-state index contributed by atoms with van der Waals surface area (Å²) in [6, 6.07) is 10.9. The van der Waals surface area contributed by atoms with E-state index in [1.165, 1.54) is 0 Å². The molecule has 0 unspecified atom stereocenters. The van der Waals surface area contributed by atoms with Crippen molar-refractivity contribution in [3.8, 4) is 11.5 Å². The molecule has 0 aliphatic carbocycles. The Balaban J connectivity index is 1.21. The molecule has 8 nitrogen and oxygen atoms in total. The lowest BCUT2D eigenvalue weighted by Gasteiger charge is -2.32. The first-order chi connectivity index (χ1) is 16.4. The summed E-state index contributed by atoms with van der Waals surface area (Å²) in [5.74, 6) is 2.00. The molecule has 0 bridgehead atoms. The van der Waals surface area contributed by atoms with Crippen molar-refractivity contribution < 1.29 is 22.7 Å². The Morgan fingerprint density at radius 2 is 2.00 bits per heavy atom. The van der Waals surface area contributed by atoms with Crippen LogP contribution >= 0.6 is 0 Å². The summed E-state index contributed by atoms with van der Waals surface area (Å²) in [6.07, 6.45) is 2.27. The van der Waals surface area contributed by atoms with Gasteiger partial charge in [-0.25, -0.2) is 0 Å². The first-order valence-electron chi connectivity index (χ1n) is 11.8. The Labute approximate surface area is 200 Å². The largest absolute Gasteiger partial charge is 0.494 e. The maximum Gasteiger partial charge on any atom is 0.285 e. The van der Waals surface area contributed by atoms with E-state index in [-0.39, 0.29) is 22.8 Å². The van der Waals surface area contributed by atoms with Crippen LogP contribution in [0.25, 0.3) is 0 Å². The van der Waals surface area contributed by atoms with Crippen molar-refractivity contribution in [1.29, 1.82) is 0 Å². The fourth-order valence-corrected chi connectivity index (χ4v) is 6.13. The van der Waals surface area contributed by atoms with Gasteiger partial charge in [0.05, 0.1) is 6.61 Å². The molecule has 9 heteroatoms. The molecule has 0 aromatic heterocycles. The van der Waals surface area contributed by atoms with Gasteiger partial charge in [-0.05, 0) is 51.0 Å². The minimum atomic E-state index is -3.65. The van der Waals surface area contributed by atoms with Crippen molar-refractivity contribution >= 4 is 21.8 Å². The highest BCUT2D eigenvalue weighted by atomic mass is 32.2. The number of sulfonamides is 1. The van der Waals surface area contributed by atoms with Crippen LogP contribution in [0.1, 0.15) is 43.4 Å². The number of benzene rings is 2. The fraction of sp³-hybridized carbons (Fsp3) is 0.440. The Morgan fingerprint density at radius 1 is 1.24 bits per heavy atom. The highest BCUT2D eigenvalue weighted by molar-refractivity contribution is 7.90. The molecule has 2 aromatic carbocycles. The Morgan fingerprint density at radius 3 is 2.76 bits per heavy atom. The van der Waals surface area contributed by atoms with Crippen LogP contribution in [0.3, 0.4) is 0 Å². The number of hydrogen-bond donors (Lipinski definition) is 1. The van der Waals surface area contributed by atoms with Gasteiger partial charge in [-0.2, -0.15) is 8.42 Å². The van der Waals surface area contributed by atoms with E-state index in [9.17, 15) is 13.2 Å². The maximum absolute atomic E-state index is 12.9. The Hall–Kier alpha value is -3.07. The van der Waals surface area contributed by atoms with Crippen molar-refractivity contribution in [2.45, 2.75) is 50.7 Å². The summed E-state index contributed by atoms with van der Waals surface area (Å²) in [7, 11) is -3.65. The minimum Gasteiger partial charge on any atom is -0.494 e. The van der Waals surface area contributed by atoms with Gasteiger partial charge < -0.3 is 19.7 Å². The second-order valence-electron chi connectivity index (χ2n) is 9.00. The number of carbonyl (C=O) groups is 1. The number of hydrogen-bond acceptors (Lipinski definition) is 6. The van der Waals surface area contributed by atoms with Crippen LogP contribution in [-0.2, 0) is 27.8 Å². The van der Waals surface area contributed by atoms with Crippen molar-refractivity contribution in [2.24, 2.45) is 10.3 Å². The monoisotopic (exact) mass is 483 g/mol. The van der Waals surface area contributed by atoms with Crippen LogP contribution in [0.5, 0.6) is 11.5 Å². The van der Waals surface area contributed by atoms with Crippen LogP contribution in [0.4, 0.5) is 0 Å². The number of piperidine rings is 1. The lowest BCUT2D eigenvalue weighted by Crippen LogP contribution is -2.42. The lowest BCUT2D eigenvalue weighted by atomic mass is 9.95. The molecule has 180 valence electrons. The average molecular weight is 484 g/mol. The summed E-state index contributed by atoms with van der Waals surface area (Å²) in [5, 5.41) is 3.06. The van der Waals surface area contributed by atoms with Crippen molar-refractivity contribution in [2.75, 3.05) is 19.7 Å².